The van der Waals surface area contributed by atoms with Crippen LogP contribution in [-0.2, 0) is 13.5 Å². The first-order valence-corrected chi connectivity index (χ1v) is 6.92. The van der Waals surface area contributed by atoms with Crippen molar-refractivity contribution < 1.29 is 0 Å². The third-order valence-electron chi connectivity index (χ3n) is 3.93. The second-order valence-corrected chi connectivity index (χ2v) is 5.58. The molecule has 3 heteroatoms. The van der Waals surface area contributed by atoms with E-state index in [2.05, 4.69) is 23.5 Å². The summed E-state index contributed by atoms with van der Waals surface area (Å²) < 4.78 is 1.91. The predicted octanol–water partition coefficient (Wildman–Crippen LogP) is 2.52. The lowest BCUT2D eigenvalue weighted by atomic mass is 9.80. The molecule has 0 bridgehead atoms. The zero-order chi connectivity index (χ0) is 12.1. The Labute approximate surface area is 105 Å². The molecule has 0 unspecified atom stereocenters. The highest BCUT2D eigenvalue weighted by atomic mass is 15.2. The molecule has 0 aliphatic heterocycles. The zero-order valence-corrected chi connectivity index (χ0v) is 11.2. The summed E-state index contributed by atoms with van der Waals surface area (Å²) in [4.78, 5) is 0. The number of rotatable bonds is 6. The van der Waals surface area contributed by atoms with Gasteiger partial charge in [0.25, 0.3) is 0 Å². The molecule has 0 saturated heterocycles. The summed E-state index contributed by atoms with van der Waals surface area (Å²) in [5.74, 6) is 0. The van der Waals surface area contributed by atoms with Gasteiger partial charge < -0.3 is 5.32 Å². The molecule has 0 aromatic carbocycles. The molecule has 3 nitrogen and oxygen atoms in total. The van der Waals surface area contributed by atoms with E-state index in [-0.39, 0.29) is 0 Å². The number of aromatic nitrogens is 2. The van der Waals surface area contributed by atoms with Gasteiger partial charge in [0.2, 0.25) is 0 Å². The maximum atomic E-state index is 4.28. The Morgan fingerprint density at radius 2 is 2.18 bits per heavy atom. The Balaban J connectivity index is 1.96. The fourth-order valence-electron chi connectivity index (χ4n) is 3.07. The van der Waals surface area contributed by atoms with Crippen molar-refractivity contribution in [2.24, 2.45) is 12.5 Å². The predicted molar refractivity (Wildman–Crippen MR) is 71.0 cm³/mol. The number of nitrogens with zero attached hydrogens (tertiary/aromatic N) is 2. The van der Waals surface area contributed by atoms with E-state index in [0.29, 0.717) is 5.41 Å². The van der Waals surface area contributed by atoms with Crippen molar-refractivity contribution in [2.45, 2.75) is 45.4 Å². The fraction of sp³-hybridized carbons (Fsp3) is 0.786. The molecule has 96 valence electrons. The van der Waals surface area contributed by atoms with E-state index in [9.17, 15) is 0 Å². The molecule has 1 aromatic heterocycles. The van der Waals surface area contributed by atoms with Crippen LogP contribution in [-0.4, -0.2) is 22.9 Å². The van der Waals surface area contributed by atoms with Crippen molar-refractivity contribution in [3.63, 3.8) is 0 Å². The second kappa shape index (κ2) is 5.67. The normalized spacial score (nSPS) is 18.7. The average molecular weight is 235 g/mol. The molecular weight excluding hydrogens is 210 g/mol. The Morgan fingerprint density at radius 1 is 1.41 bits per heavy atom. The van der Waals surface area contributed by atoms with Crippen LogP contribution >= 0.6 is 0 Å². The summed E-state index contributed by atoms with van der Waals surface area (Å²) in [6.07, 6.45) is 12.2. The molecule has 1 N–H and O–H groups in total. The fourth-order valence-corrected chi connectivity index (χ4v) is 3.07. The maximum Gasteiger partial charge on any atom is 0.0521 e. The topological polar surface area (TPSA) is 29.9 Å². The Morgan fingerprint density at radius 3 is 2.76 bits per heavy atom. The summed E-state index contributed by atoms with van der Waals surface area (Å²) in [5, 5.41) is 7.90. The maximum absolute atomic E-state index is 4.28. The van der Waals surface area contributed by atoms with Crippen molar-refractivity contribution >= 4 is 0 Å². The van der Waals surface area contributed by atoms with Crippen molar-refractivity contribution in [3.05, 3.63) is 18.0 Å². The molecule has 1 heterocycles. The molecule has 0 atom stereocenters. The lowest BCUT2D eigenvalue weighted by Gasteiger charge is -2.29. The Kier molecular flexibility index (Phi) is 4.21. The van der Waals surface area contributed by atoms with Crippen molar-refractivity contribution in [2.75, 3.05) is 13.1 Å². The molecule has 0 spiro atoms. The highest BCUT2D eigenvalue weighted by Crippen LogP contribution is 2.40. The smallest absolute Gasteiger partial charge is 0.0521 e. The summed E-state index contributed by atoms with van der Waals surface area (Å²) in [6, 6.07) is 0. The SMILES string of the molecule is CCCNCC1(Cc2cnn(C)c2)CCCC1. The first kappa shape index (κ1) is 12.6. The van der Waals surface area contributed by atoms with Gasteiger partial charge in [-0.2, -0.15) is 5.10 Å². The van der Waals surface area contributed by atoms with Gasteiger partial charge >= 0.3 is 0 Å². The Hall–Kier alpha value is -0.830. The minimum absolute atomic E-state index is 0.498. The van der Waals surface area contributed by atoms with Crippen LogP contribution in [0.3, 0.4) is 0 Å². The molecular formula is C14H25N3. The zero-order valence-electron chi connectivity index (χ0n) is 11.2. The van der Waals surface area contributed by atoms with E-state index < -0.39 is 0 Å². The van der Waals surface area contributed by atoms with Crippen LogP contribution in [0.5, 0.6) is 0 Å². The number of hydrogen-bond donors (Lipinski definition) is 1. The molecule has 1 saturated carbocycles. The third-order valence-corrected chi connectivity index (χ3v) is 3.93. The largest absolute Gasteiger partial charge is 0.316 e. The summed E-state index contributed by atoms with van der Waals surface area (Å²) in [7, 11) is 2.00. The quantitative estimate of drug-likeness (QED) is 0.768. The molecule has 1 fully saturated rings. The van der Waals surface area contributed by atoms with Gasteiger partial charge in [-0.3, -0.25) is 4.68 Å². The van der Waals surface area contributed by atoms with Gasteiger partial charge in [0.05, 0.1) is 6.20 Å². The molecule has 17 heavy (non-hydrogen) atoms. The van der Waals surface area contributed by atoms with Crippen molar-refractivity contribution in [1.82, 2.24) is 15.1 Å². The number of hydrogen-bond acceptors (Lipinski definition) is 2. The van der Waals surface area contributed by atoms with E-state index in [1.807, 2.05) is 17.9 Å². The average Bonchev–Trinajstić information content (AvgIpc) is 2.90. The molecule has 0 amide bonds. The van der Waals surface area contributed by atoms with Gasteiger partial charge in [-0.1, -0.05) is 19.8 Å². The summed E-state index contributed by atoms with van der Waals surface area (Å²) in [6.45, 7) is 4.56. The van der Waals surface area contributed by atoms with Crippen molar-refractivity contribution in [1.29, 1.82) is 0 Å². The Bertz CT molecular complexity index is 337. The molecule has 1 aliphatic carbocycles. The lowest BCUT2D eigenvalue weighted by Crippen LogP contribution is -2.34. The number of nitrogens with one attached hydrogen (secondary N) is 1. The molecule has 1 aromatic rings. The van der Waals surface area contributed by atoms with Crippen LogP contribution in [0.25, 0.3) is 0 Å². The molecule has 0 radical (unpaired) electrons. The first-order valence-electron chi connectivity index (χ1n) is 6.92. The lowest BCUT2D eigenvalue weighted by molar-refractivity contribution is 0.278. The molecule has 1 aliphatic rings. The van der Waals surface area contributed by atoms with Crippen LogP contribution in [0.4, 0.5) is 0 Å². The number of aryl methyl sites for hydroxylation is 1. The second-order valence-electron chi connectivity index (χ2n) is 5.58. The van der Waals surface area contributed by atoms with Crippen LogP contribution in [0.1, 0.15) is 44.6 Å². The standard InChI is InChI=1S/C14H25N3/c1-3-8-15-12-14(6-4-5-7-14)9-13-10-16-17(2)11-13/h10-11,15H,3-9,12H2,1-2H3. The van der Waals surface area contributed by atoms with Gasteiger partial charge in [0.1, 0.15) is 0 Å². The highest BCUT2D eigenvalue weighted by Gasteiger charge is 2.33. The third kappa shape index (κ3) is 3.32. The van der Waals surface area contributed by atoms with E-state index in [1.54, 1.807) is 0 Å². The van der Waals surface area contributed by atoms with Gasteiger partial charge in [-0.25, -0.2) is 0 Å². The molecule has 2 rings (SSSR count). The van der Waals surface area contributed by atoms with Crippen LogP contribution < -0.4 is 5.32 Å². The van der Waals surface area contributed by atoms with E-state index in [1.165, 1.54) is 50.6 Å². The van der Waals surface area contributed by atoms with E-state index in [4.69, 9.17) is 0 Å². The van der Waals surface area contributed by atoms with Crippen LogP contribution in [0.2, 0.25) is 0 Å². The minimum atomic E-state index is 0.498. The van der Waals surface area contributed by atoms with Gasteiger partial charge in [-0.15, -0.1) is 0 Å². The highest BCUT2D eigenvalue weighted by molar-refractivity contribution is 5.09. The van der Waals surface area contributed by atoms with Gasteiger partial charge in [0.15, 0.2) is 0 Å². The monoisotopic (exact) mass is 235 g/mol. The van der Waals surface area contributed by atoms with E-state index in [0.717, 1.165) is 6.54 Å². The van der Waals surface area contributed by atoms with Crippen LogP contribution in [0.15, 0.2) is 12.4 Å². The van der Waals surface area contributed by atoms with Gasteiger partial charge in [-0.05, 0) is 43.2 Å². The summed E-state index contributed by atoms with van der Waals surface area (Å²) >= 11 is 0. The summed E-state index contributed by atoms with van der Waals surface area (Å²) in [5.41, 5.74) is 1.89. The van der Waals surface area contributed by atoms with Gasteiger partial charge in [0, 0.05) is 19.8 Å². The minimum Gasteiger partial charge on any atom is -0.316 e. The van der Waals surface area contributed by atoms with Crippen molar-refractivity contribution in [3.8, 4) is 0 Å². The van der Waals surface area contributed by atoms with Crippen LogP contribution in [0, 0.1) is 5.41 Å². The van der Waals surface area contributed by atoms with E-state index >= 15 is 0 Å². The first-order chi connectivity index (χ1) is 8.24.